The van der Waals surface area contributed by atoms with Gasteiger partial charge in [0.05, 0.1) is 17.2 Å². The Bertz CT molecular complexity index is 924. The van der Waals surface area contributed by atoms with Crippen LogP contribution < -0.4 is 0 Å². The largest absolute Gasteiger partial charge is 0.478 e. The molecule has 0 radical (unpaired) electrons. The van der Waals surface area contributed by atoms with Crippen LogP contribution in [0.5, 0.6) is 0 Å². The van der Waals surface area contributed by atoms with Crippen molar-refractivity contribution in [3.05, 3.63) is 37.7 Å². The van der Waals surface area contributed by atoms with Crippen LogP contribution in [0.4, 0.5) is 0 Å². The number of benzene rings is 1. The van der Waals surface area contributed by atoms with Gasteiger partial charge < -0.3 is 14.6 Å². The summed E-state index contributed by atoms with van der Waals surface area (Å²) in [7, 11) is -4.26. The van der Waals surface area contributed by atoms with Gasteiger partial charge in [0.1, 0.15) is 18.6 Å². The summed E-state index contributed by atoms with van der Waals surface area (Å²) in [4.78, 5) is 35.2. The molecule has 0 aliphatic heterocycles. The Hall–Kier alpha value is 0.200. The molecule has 0 aromatic heterocycles. The predicted molar refractivity (Wildman–Crippen MR) is 126 cm³/mol. The minimum Gasteiger partial charge on any atom is -0.478 e. The van der Waals surface area contributed by atoms with Gasteiger partial charge in [0, 0.05) is 14.3 Å². The third-order valence-electron chi connectivity index (χ3n) is 2.65. The number of carboxylic acid groups (broad SMARTS) is 1. The van der Waals surface area contributed by atoms with Crippen LogP contribution in [0, 0.1) is 14.3 Å². The highest BCUT2D eigenvalue weighted by Gasteiger charge is 2.28. The van der Waals surface area contributed by atoms with Crippen molar-refractivity contribution in [3.8, 4) is 0 Å². The second-order valence-electron chi connectivity index (χ2n) is 4.47. The third-order valence-corrected chi connectivity index (χ3v) is 10.7. The summed E-state index contributed by atoms with van der Waals surface area (Å²) in [6.45, 7) is -0.579. The highest BCUT2D eigenvalue weighted by atomic mass is 127. The second-order valence-corrected chi connectivity index (χ2v) is 10.4. The molecular weight excluding hydrogens is 840 g/mol. The Morgan fingerprint density at radius 2 is 1.48 bits per heavy atom. The first-order valence-electron chi connectivity index (χ1n) is 6.45. The normalized spacial score (nSPS) is 11.4. The predicted octanol–water partition coefficient (Wildman–Crippen LogP) is 2.90. The lowest BCUT2D eigenvalue weighted by Crippen LogP contribution is -2.17. The maximum Gasteiger partial charge on any atom is 0.344 e. The van der Waals surface area contributed by atoms with Crippen LogP contribution in [0.15, 0.2) is 12.3 Å². The van der Waals surface area contributed by atoms with Gasteiger partial charge in [0.15, 0.2) is 0 Å². The quantitative estimate of drug-likeness (QED) is 0.0806. The first kappa shape index (κ1) is 25.2. The zero-order chi connectivity index (χ0) is 20.9. The summed E-state index contributed by atoms with van der Waals surface area (Å²) in [5.41, 5.74) is -0.361. The summed E-state index contributed by atoms with van der Waals surface area (Å²) in [6, 6.07) is 0. The number of aromatic carboxylic acids is 1. The molecule has 0 aliphatic rings. The van der Waals surface area contributed by atoms with E-state index in [0.717, 1.165) is 6.08 Å². The summed E-state index contributed by atoms with van der Waals surface area (Å²) in [6.07, 6.45) is 1.43. The van der Waals surface area contributed by atoms with E-state index < -0.39 is 40.4 Å². The zero-order valence-corrected chi connectivity index (χ0v) is 22.2. The van der Waals surface area contributed by atoms with Gasteiger partial charge in [-0.25, -0.2) is 14.4 Å². The van der Waals surface area contributed by atoms with Gasteiger partial charge in [0.2, 0.25) is 0 Å². The van der Waals surface area contributed by atoms with Gasteiger partial charge in [-0.1, -0.05) is 0 Å². The third kappa shape index (κ3) is 7.51. The fraction of sp³-hybridized carbons (Fsp3) is 0.154. The number of hydrogen-bond acceptors (Lipinski definition) is 7. The molecule has 1 aromatic carbocycles. The summed E-state index contributed by atoms with van der Waals surface area (Å²) in [5.74, 6) is -4.06. The monoisotopic (exact) mass is 848 g/mol. The Kier molecular flexibility index (Phi) is 10.1. The highest BCUT2D eigenvalue weighted by Crippen LogP contribution is 2.33. The Morgan fingerprint density at radius 3 is 1.96 bits per heavy atom. The first-order valence-corrected chi connectivity index (χ1v) is 12.4. The van der Waals surface area contributed by atoms with Crippen LogP contribution >= 0.6 is 90.4 Å². The van der Waals surface area contributed by atoms with Gasteiger partial charge >= 0.3 is 17.9 Å². The number of carbonyl (C=O) groups excluding carboxylic acids is 2. The van der Waals surface area contributed by atoms with Crippen LogP contribution in [0.2, 0.25) is 0 Å². The maximum absolute atomic E-state index is 12.3. The molecule has 0 bridgehead atoms. The van der Waals surface area contributed by atoms with E-state index in [2.05, 4.69) is 4.74 Å². The molecule has 1 aromatic rings. The van der Waals surface area contributed by atoms with Crippen LogP contribution in [0.25, 0.3) is 0 Å². The van der Waals surface area contributed by atoms with Crippen molar-refractivity contribution in [1.29, 1.82) is 0 Å². The summed E-state index contributed by atoms with van der Waals surface area (Å²) >= 11 is 7.62. The van der Waals surface area contributed by atoms with E-state index in [9.17, 15) is 27.9 Å². The molecule has 0 saturated carbocycles. The molecule has 0 fully saturated rings. The van der Waals surface area contributed by atoms with Crippen LogP contribution in [0.3, 0.4) is 0 Å². The average Bonchev–Trinajstić information content (AvgIpc) is 2.54. The van der Waals surface area contributed by atoms with Crippen molar-refractivity contribution in [2.75, 3.05) is 12.4 Å². The van der Waals surface area contributed by atoms with Crippen LogP contribution in [0.1, 0.15) is 20.7 Å². The number of hydrogen-bond donors (Lipinski definition) is 2. The minimum absolute atomic E-state index is 0.151. The Labute approximate surface area is 207 Å². The fourth-order valence-electron chi connectivity index (χ4n) is 1.53. The molecule has 0 saturated heterocycles. The van der Waals surface area contributed by atoms with Crippen LogP contribution in [-0.2, 0) is 24.4 Å². The van der Waals surface area contributed by atoms with E-state index in [4.69, 9.17) is 9.29 Å². The lowest BCUT2D eigenvalue weighted by atomic mass is 10.1. The molecule has 148 valence electrons. The van der Waals surface area contributed by atoms with Crippen molar-refractivity contribution < 1.29 is 41.9 Å². The van der Waals surface area contributed by atoms with E-state index in [1.165, 1.54) is 0 Å². The molecule has 0 amide bonds. The molecule has 0 heterocycles. The van der Waals surface area contributed by atoms with Crippen molar-refractivity contribution >= 4 is 118 Å². The van der Waals surface area contributed by atoms with Gasteiger partial charge in [-0.3, -0.25) is 4.55 Å². The van der Waals surface area contributed by atoms with E-state index >= 15 is 0 Å². The first-order chi connectivity index (χ1) is 12.4. The number of esters is 2. The molecule has 14 heteroatoms. The Balaban J connectivity index is 2.95. The lowest BCUT2D eigenvalue weighted by molar-refractivity contribution is -0.137. The summed E-state index contributed by atoms with van der Waals surface area (Å²) in [5, 5.41) is 9.43. The topological polar surface area (TPSA) is 144 Å². The van der Waals surface area contributed by atoms with Gasteiger partial charge in [0.25, 0.3) is 10.1 Å². The molecule has 0 spiro atoms. The van der Waals surface area contributed by atoms with Crippen molar-refractivity contribution in [2.45, 2.75) is 0 Å². The van der Waals surface area contributed by atoms with Gasteiger partial charge in [-0.2, -0.15) is 8.42 Å². The molecule has 27 heavy (non-hydrogen) atoms. The number of carbonyl (C=O) groups is 3. The number of rotatable bonds is 7. The smallest absolute Gasteiger partial charge is 0.344 e. The fourth-order valence-corrected chi connectivity index (χ4v) is 5.46. The number of carboxylic acids is 1. The SMILES string of the molecule is O=C(/C=C/OC(=O)c1c(I)c(I)c(I)c(I)c1C(=O)O)OCCS(=O)(=O)O. The molecule has 0 aliphatic carbocycles. The zero-order valence-electron chi connectivity index (χ0n) is 12.7. The lowest BCUT2D eigenvalue weighted by Gasteiger charge is -2.13. The van der Waals surface area contributed by atoms with Crippen molar-refractivity contribution in [3.63, 3.8) is 0 Å². The van der Waals surface area contributed by atoms with E-state index in [-0.39, 0.29) is 11.1 Å². The van der Waals surface area contributed by atoms with E-state index in [1.54, 1.807) is 0 Å². The number of ether oxygens (including phenoxy) is 2. The standard InChI is InChI=1S/C13H8I4O9S/c14-8-6(12(19)20)7(9(15)11(17)10(8)16)13(21)26-2-1-5(18)25-3-4-27(22,23)24/h1-2H,3-4H2,(H,19,20)(H,22,23,24)/b2-1+. The molecule has 1 rings (SSSR count). The molecule has 0 atom stereocenters. The number of halogens is 4. The Morgan fingerprint density at radius 1 is 0.963 bits per heavy atom. The van der Waals surface area contributed by atoms with Gasteiger partial charge in [-0.05, 0) is 90.4 Å². The maximum atomic E-state index is 12.3. The summed E-state index contributed by atoms with van der Waals surface area (Å²) < 4.78 is 40.9. The van der Waals surface area contributed by atoms with Crippen molar-refractivity contribution in [2.24, 2.45) is 0 Å². The highest BCUT2D eigenvalue weighted by molar-refractivity contribution is 14.1. The van der Waals surface area contributed by atoms with E-state index in [0.29, 0.717) is 20.5 Å². The minimum atomic E-state index is -4.26. The molecule has 9 nitrogen and oxygen atoms in total. The molecular formula is C13H8I4O9S. The average molecular weight is 848 g/mol. The molecule has 2 N–H and O–H groups in total. The van der Waals surface area contributed by atoms with Crippen molar-refractivity contribution in [1.82, 2.24) is 0 Å². The second kappa shape index (κ2) is 10.8. The molecule has 0 unspecified atom stereocenters. The van der Waals surface area contributed by atoms with Crippen LogP contribution in [-0.4, -0.2) is 48.3 Å². The van der Waals surface area contributed by atoms with E-state index in [1.807, 2.05) is 90.4 Å². The van der Waals surface area contributed by atoms with Gasteiger partial charge in [-0.15, -0.1) is 0 Å².